The van der Waals surface area contributed by atoms with Crippen molar-refractivity contribution in [2.45, 2.75) is 6.42 Å². The predicted octanol–water partition coefficient (Wildman–Crippen LogP) is 3.31. The van der Waals surface area contributed by atoms with Crippen LogP contribution in [-0.2, 0) is 11.2 Å². The van der Waals surface area contributed by atoms with Crippen LogP contribution in [0.15, 0.2) is 48.0 Å². The summed E-state index contributed by atoms with van der Waals surface area (Å²) in [5.41, 5.74) is 2.37. The average molecular weight is 329 g/mol. The number of para-hydroxylation sites is 1. The number of anilines is 1. The van der Waals surface area contributed by atoms with E-state index in [0.29, 0.717) is 11.7 Å². The van der Waals surface area contributed by atoms with E-state index in [1.807, 2.05) is 35.8 Å². The fourth-order valence-electron chi connectivity index (χ4n) is 2.33. The summed E-state index contributed by atoms with van der Waals surface area (Å²) in [5.74, 6) is 0. The van der Waals surface area contributed by atoms with Gasteiger partial charge in [-0.3, -0.25) is 9.69 Å². The molecule has 1 amide bonds. The van der Waals surface area contributed by atoms with E-state index in [-0.39, 0.29) is 0 Å². The fourth-order valence-corrected chi connectivity index (χ4v) is 3.34. The molecule has 0 radical (unpaired) electrons. The van der Waals surface area contributed by atoms with E-state index in [2.05, 4.69) is 22.4 Å². The van der Waals surface area contributed by atoms with E-state index < -0.39 is 0 Å². The third-order valence-corrected chi connectivity index (χ3v) is 4.62. The minimum atomic E-state index is 0.428. The maximum absolute atomic E-state index is 11.2. The Morgan fingerprint density at radius 2 is 2.18 bits per heavy atom. The van der Waals surface area contributed by atoms with Crippen LogP contribution in [0.4, 0.5) is 5.00 Å². The number of amides is 1. The van der Waals surface area contributed by atoms with Crippen LogP contribution >= 0.6 is 23.6 Å². The molecule has 2 aromatic heterocycles. The number of hydrogen-bond acceptors (Lipinski definition) is 3. The summed E-state index contributed by atoms with van der Waals surface area (Å²) in [4.78, 5) is 15.9. The highest BCUT2D eigenvalue weighted by Crippen LogP contribution is 2.20. The highest BCUT2D eigenvalue weighted by atomic mass is 32.1. The Morgan fingerprint density at radius 3 is 2.95 bits per heavy atom. The maximum atomic E-state index is 11.2. The zero-order valence-corrected chi connectivity index (χ0v) is 13.4. The molecule has 0 aliphatic rings. The van der Waals surface area contributed by atoms with Crippen molar-refractivity contribution >= 4 is 51.0 Å². The van der Waals surface area contributed by atoms with E-state index in [4.69, 9.17) is 12.2 Å². The summed E-state index contributed by atoms with van der Waals surface area (Å²) in [5, 5.41) is 7.53. The number of benzene rings is 1. The van der Waals surface area contributed by atoms with Gasteiger partial charge in [-0.25, -0.2) is 0 Å². The first kappa shape index (κ1) is 14.7. The van der Waals surface area contributed by atoms with Gasteiger partial charge in [-0.15, -0.1) is 11.3 Å². The molecule has 0 saturated heterocycles. The molecule has 0 spiro atoms. The Morgan fingerprint density at radius 1 is 1.32 bits per heavy atom. The molecule has 112 valence electrons. The Kier molecular flexibility index (Phi) is 4.50. The number of carbonyl (C=O) groups excluding carboxylic acids is 1. The van der Waals surface area contributed by atoms with Crippen LogP contribution in [0.1, 0.15) is 5.56 Å². The summed E-state index contributed by atoms with van der Waals surface area (Å²) >= 11 is 6.77. The molecule has 6 heteroatoms. The highest BCUT2D eigenvalue weighted by molar-refractivity contribution is 7.80. The lowest BCUT2D eigenvalue weighted by molar-refractivity contribution is -0.106. The summed E-state index contributed by atoms with van der Waals surface area (Å²) in [6.07, 6.45) is 3.60. The lowest BCUT2D eigenvalue weighted by Crippen LogP contribution is -2.39. The normalized spacial score (nSPS) is 10.5. The SMILES string of the molecule is O=CN(C(=S)NCCc1c[nH]c2ccccc12)c1cccs1. The van der Waals surface area contributed by atoms with Gasteiger partial charge in [0, 0.05) is 23.6 Å². The summed E-state index contributed by atoms with van der Waals surface area (Å²) < 4.78 is 0. The first-order valence-electron chi connectivity index (χ1n) is 6.90. The van der Waals surface area contributed by atoms with Gasteiger partial charge in [0.1, 0.15) is 5.00 Å². The van der Waals surface area contributed by atoms with Crippen molar-refractivity contribution < 1.29 is 4.79 Å². The van der Waals surface area contributed by atoms with Crippen LogP contribution < -0.4 is 10.2 Å². The minimum absolute atomic E-state index is 0.428. The molecule has 0 saturated carbocycles. The van der Waals surface area contributed by atoms with E-state index >= 15 is 0 Å². The van der Waals surface area contributed by atoms with Gasteiger partial charge in [0.15, 0.2) is 5.11 Å². The molecular weight excluding hydrogens is 314 g/mol. The number of nitrogens with zero attached hydrogens (tertiary/aromatic N) is 1. The highest BCUT2D eigenvalue weighted by Gasteiger charge is 2.11. The van der Waals surface area contributed by atoms with Gasteiger partial charge in [-0.05, 0) is 47.8 Å². The molecule has 2 N–H and O–H groups in total. The Bertz CT molecular complexity index is 780. The van der Waals surface area contributed by atoms with Crippen LogP contribution in [0.25, 0.3) is 10.9 Å². The number of fused-ring (bicyclic) bond motifs is 1. The van der Waals surface area contributed by atoms with E-state index in [1.165, 1.54) is 27.2 Å². The molecular formula is C16H15N3OS2. The molecule has 22 heavy (non-hydrogen) atoms. The van der Waals surface area contributed by atoms with Crippen molar-refractivity contribution in [1.29, 1.82) is 0 Å². The molecule has 0 fully saturated rings. The molecule has 0 aliphatic carbocycles. The average Bonchev–Trinajstić information content (AvgIpc) is 3.18. The zero-order valence-electron chi connectivity index (χ0n) is 11.8. The standard InChI is InChI=1S/C16H15N3OS2/c20-11-19(15-6-3-9-22-15)16(21)17-8-7-12-10-18-14-5-2-1-4-13(12)14/h1-6,9-11,18H,7-8H2,(H,17,21). The van der Waals surface area contributed by atoms with Gasteiger partial charge in [-0.2, -0.15) is 0 Å². The Hall–Kier alpha value is -2.18. The second-order valence-electron chi connectivity index (χ2n) is 4.77. The number of nitrogens with one attached hydrogen (secondary N) is 2. The number of H-pyrrole nitrogens is 1. The van der Waals surface area contributed by atoms with Gasteiger partial charge in [-0.1, -0.05) is 18.2 Å². The molecule has 0 aliphatic heterocycles. The van der Waals surface area contributed by atoms with Gasteiger partial charge < -0.3 is 10.3 Å². The molecule has 0 atom stereocenters. The minimum Gasteiger partial charge on any atom is -0.362 e. The molecule has 1 aromatic carbocycles. The molecule has 0 bridgehead atoms. The molecule has 3 aromatic rings. The number of aromatic nitrogens is 1. The van der Waals surface area contributed by atoms with Crippen LogP contribution in [0, 0.1) is 0 Å². The van der Waals surface area contributed by atoms with Gasteiger partial charge in [0.05, 0.1) is 0 Å². The Balaban J connectivity index is 1.61. The van der Waals surface area contributed by atoms with Crippen LogP contribution in [-0.4, -0.2) is 23.1 Å². The van der Waals surface area contributed by atoms with Crippen molar-refractivity contribution in [3.63, 3.8) is 0 Å². The largest absolute Gasteiger partial charge is 0.362 e. The number of rotatable bonds is 5. The van der Waals surface area contributed by atoms with E-state index in [0.717, 1.165) is 23.3 Å². The lowest BCUT2D eigenvalue weighted by atomic mass is 10.1. The quantitative estimate of drug-likeness (QED) is 0.558. The number of thiocarbonyl (C=S) groups is 1. The monoisotopic (exact) mass is 329 g/mol. The van der Waals surface area contributed by atoms with Gasteiger partial charge in [0.2, 0.25) is 6.41 Å². The topological polar surface area (TPSA) is 48.1 Å². The molecule has 3 rings (SSSR count). The number of carbonyl (C=O) groups is 1. The predicted molar refractivity (Wildman–Crippen MR) is 95.5 cm³/mol. The zero-order chi connectivity index (χ0) is 15.4. The van der Waals surface area contributed by atoms with Crippen LogP contribution in [0.5, 0.6) is 0 Å². The van der Waals surface area contributed by atoms with Crippen molar-refractivity contribution in [3.05, 3.63) is 53.5 Å². The van der Waals surface area contributed by atoms with Gasteiger partial charge >= 0.3 is 0 Å². The third-order valence-electron chi connectivity index (χ3n) is 3.41. The van der Waals surface area contributed by atoms with Crippen molar-refractivity contribution in [1.82, 2.24) is 10.3 Å². The van der Waals surface area contributed by atoms with E-state index in [1.54, 1.807) is 0 Å². The number of aromatic amines is 1. The maximum Gasteiger partial charge on any atom is 0.221 e. The Labute approximate surface area is 137 Å². The first-order valence-corrected chi connectivity index (χ1v) is 8.19. The smallest absolute Gasteiger partial charge is 0.221 e. The lowest BCUT2D eigenvalue weighted by Gasteiger charge is -2.17. The number of hydrogen-bond donors (Lipinski definition) is 2. The second kappa shape index (κ2) is 6.72. The fraction of sp³-hybridized carbons (Fsp3) is 0.125. The third kappa shape index (κ3) is 3.03. The van der Waals surface area contributed by atoms with E-state index in [9.17, 15) is 4.79 Å². The second-order valence-corrected chi connectivity index (χ2v) is 6.08. The molecule has 2 heterocycles. The first-order chi connectivity index (χ1) is 10.8. The number of thiophene rings is 1. The van der Waals surface area contributed by atoms with Crippen molar-refractivity contribution in [2.24, 2.45) is 0 Å². The van der Waals surface area contributed by atoms with Gasteiger partial charge in [0.25, 0.3) is 0 Å². The summed E-state index contributed by atoms with van der Waals surface area (Å²) in [7, 11) is 0. The molecule has 4 nitrogen and oxygen atoms in total. The van der Waals surface area contributed by atoms with Crippen LogP contribution in [0.2, 0.25) is 0 Å². The van der Waals surface area contributed by atoms with Crippen LogP contribution in [0.3, 0.4) is 0 Å². The van der Waals surface area contributed by atoms with Crippen molar-refractivity contribution in [3.8, 4) is 0 Å². The summed E-state index contributed by atoms with van der Waals surface area (Å²) in [6.45, 7) is 0.677. The van der Waals surface area contributed by atoms with Crippen molar-refractivity contribution in [2.75, 3.05) is 11.4 Å². The summed E-state index contributed by atoms with van der Waals surface area (Å²) in [6, 6.07) is 12.0. The molecule has 0 unspecified atom stereocenters.